The highest BCUT2D eigenvalue weighted by atomic mass is 35.5. The molecule has 3 rings (SSSR count). The normalized spacial score (nSPS) is 11.7. The van der Waals surface area contributed by atoms with E-state index in [4.69, 9.17) is 11.6 Å². The van der Waals surface area contributed by atoms with Crippen molar-refractivity contribution in [1.29, 1.82) is 0 Å². The average molecular weight is 398 g/mol. The van der Waals surface area contributed by atoms with E-state index < -0.39 is 0 Å². The first-order valence-electron chi connectivity index (χ1n) is 8.91. The van der Waals surface area contributed by atoms with E-state index in [1.54, 1.807) is 18.2 Å². The molecule has 28 heavy (non-hydrogen) atoms. The van der Waals surface area contributed by atoms with Crippen LogP contribution in [0.3, 0.4) is 0 Å². The molecule has 0 radical (unpaired) electrons. The van der Waals surface area contributed by atoms with E-state index in [1.165, 1.54) is 18.3 Å². The first kappa shape index (κ1) is 19.8. The number of carbonyl (C=O) groups is 1. The van der Waals surface area contributed by atoms with Crippen LogP contribution in [0.25, 0.3) is 0 Å². The summed E-state index contributed by atoms with van der Waals surface area (Å²) in [6, 6.07) is 17.4. The van der Waals surface area contributed by atoms with Crippen LogP contribution in [0, 0.1) is 5.82 Å². The number of benzene rings is 2. The van der Waals surface area contributed by atoms with Crippen LogP contribution in [-0.4, -0.2) is 17.9 Å². The van der Waals surface area contributed by atoms with E-state index >= 15 is 0 Å². The lowest BCUT2D eigenvalue weighted by molar-refractivity contribution is 0.0940. The number of aromatic nitrogens is 1. The largest absolute Gasteiger partial charge is 0.355 e. The Bertz CT molecular complexity index is 948. The third kappa shape index (κ3) is 4.87. The first-order valence-corrected chi connectivity index (χ1v) is 9.29. The second kappa shape index (κ2) is 8.85. The van der Waals surface area contributed by atoms with E-state index in [9.17, 15) is 9.18 Å². The molecular weight excluding hydrogens is 377 g/mol. The van der Waals surface area contributed by atoms with Crippen LogP contribution < -0.4 is 10.2 Å². The molecule has 0 aliphatic heterocycles. The highest BCUT2D eigenvalue weighted by Gasteiger charge is 2.19. The number of hydrogen-bond acceptors (Lipinski definition) is 3. The van der Waals surface area contributed by atoms with Crippen molar-refractivity contribution < 1.29 is 9.18 Å². The molecule has 6 heteroatoms. The Morgan fingerprint density at radius 3 is 2.54 bits per heavy atom. The number of rotatable bonds is 6. The molecule has 0 spiro atoms. The van der Waals surface area contributed by atoms with Crippen LogP contribution in [0.15, 0.2) is 66.9 Å². The smallest absolute Gasteiger partial charge is 0.255 e. The SMILES string of the molecule is C[C@H](NC(=O)c1cc(Cl)cnc1N(C)Cc1ccc(F)cc1)c1ccccc1. The summed E-state index contributed by atoms with van der Waals surface area (Å²) in [5.41, 5.74) is 2.30. The third-order valence-corrected chi connectivity index (χ3v) is 4.63. The van der Waals surface area contributed by atoms with E-state index in [1.807, 2.05) is 49.2 Å². The quantitative estimate of drug-likeness (QED) is 0.636. The maximum Gasteiger partial charge on any atom is 0.255 e. The van der Waals surface area contributed by atoms with Gasteiger partial charge >= 0.3 is 0 Å². The molecule has 2 aromatic carbocycles. The summed E-state index contributed by atoms with van der Waals surface area (Å²) in [6.45, 7) is 2.40. The van der Waals surface area contributed by atoms with Crippen molar-refractivity contribution in [1.82, 2.24) is 10.3 Å². The van der Waals surface area contributed by atoms with Crippen molar-refractivity contribution in [2.45, 2.75) is 19.5 Å². The molecular formula is C22H21ClFN3O. The Morgan fingerprint density at radius 2 is 1.86 bits per heavy atom. The molecule has 1 N–H and O–H groups in total. The average Bonchev–Trinajstić information content (AvgIpc) is 2.70. The maximum absolute atomic E-state index is 13.1. The minimum absolute atomic E-state index is 0.164. The Morgan fingerprint density at radius 1 is 1.18 bits per heavy atom. The molecule has 0 aliphatic rings. The highest BCUT2D eigenvalue weighted by molar-refractivity contribution is 6.31. The van der Waals surface area contributed by atoms with Gasteiger partial charge < -0.3 is 10.2 Å². The van der Waals surface area contributed by atoms with Crippen molar-refractivity contribution in [3.05, 3.63) is 94.4 Å². The van der Waals surface area contributed by atoms with E-state index in [2.05, 4.69) is 10.3 Å². The molecule has 0 saturated heterocycles. The lowest BCUT2D eigenvalue weighted by Gasteiger charge is -2.22. The Balaban J connectivity index is 1.81. The fraction of sp³-hybridized carbons (Fsp3) is 0.182. The van der Waals surface area contributed by atoms with Crippen molar-refractivity contribution in [3.8, 4) is 0 Å². The molecule has 1 amide bonds. The zero-order valence-corrected chi connectivity index (χ0v) is 16.4. The summed E-state index contributed by atoms with van der Waals surface area (Å²) in [4.78, 5) is 19.1. The number of nitrogens with zero attached hydrogens (tertiary/aromatic N) is 2. The highest BCUT2D eigenvalue weighted by Crippen LogP contribution is 2.23. The number of pyridine rings is 1. The Kier molecular flexibility index (Phi) is 6.26. The van der Waals surface area contributed by atoms with Crippen LogP contribution in [0.4, 0.5) is 10.2 Å². The van der Waals surface area contributed by atoms with Gasteiger partial charge in [-0.25, -0.2) is 9.37 Å². The minimum Gasteiger partial charge on any atom is -0.355 e. The van der Waals surface area contributed by atoms with Crippen LogP contribution >= 0.6 is 11.6 Å². The second-order valence-electron chi connectivity index (χ2n) is 6.61. The number of nitrogens with one attached hydrogen (secondary N) is 1. The summed E-state index contributed by atoms with van der Waals surface area (Å²) in [5, 5.41) is 3.38. The molecule has 1 atom stereocenters. The molecule has 0 bridgehead atoms. The van der Waals surface area contributed by atoms with Crippen molar-refractivity contribution in [2.75, 3.05) is 11.9 Å². The topological polar surface area (TPSA) is 45.2 Å². The molecule has 3 aromatic rings. The van der Waals surface area contributed by atoms with Gasteiger partial charge in [-0.2, -0.15) is 0 Å². The number of amides is 1. The molecule has 1 aromatic heterocycles. The minimum atomic E-state index is -0.286. The van der Waals surface area contributed by atoms with Gasteiger partial charge in [-0.05, 0) is 36.2 Å². The van der Waals surface area contributed by atoms with Crippen molar-refractivity contribution >= 4 is 23.3 Å². The third-order valence-electron chi connectivity index (χ3n) is 4.42. The fourth-order valence-corrected chi connectivity index (χ4v) is 3.10. The Labute approximate surface area is 169 Å². The van der Waals surface area contributed by atoms with Crippen LogP contribution in [0.2, 0.25) is 5.02 Å². The van der Waals surface area contributed by atoms with Gasteiger partial charge in [0.1, 0.15) is 11.6 Å². The zero-order chi connectivity index (χ0) is 20.1. The summed E-state index contributed by atoms with van der Waals surface area (Å²) >= 11 is 6.09. The van der Waals surface area contributed by atoms with Gasteiger partial charge in [-0.15, -0.1) is 0 Å². The first-order chi connectivity index (χ1) is 13.4. The molecule has 0 saturated carbocycles. The number of hydrogen-bond donors (Lipinski definition) is 1. The van der Waals surface area contributed by atoms with Crippen LogP contribution in [0.5, 0.6) is 0 Å². The summed E-state index contributed by atoms with van der Waals surface area (Å²) in [6.07, 6.45) is 1.51. The van der Waals surface area contributed by atoms with E-state index in [-0.39, 0.29) is 17.8 Å². The molecule has 0 unspecified atom stereocenters. The Hall–Kier alpha value is -2.92. The monoisotopic (exact) mass is 397 g/mol. The lowest BCUT2D eigenvalue weighted by Crippen LogP contribution is -2.29. The predicted octanol–water partition coefficient (Wildman–Crippen LogP) is 5.00. The summed E-state index contributed by atoms with van der Waals surface area (Å²) < 4.78 is 13.1. The number of halogens is 2. The van der Waals surface area contributed by atoms with Gasteiger partial charge in [0.25, 0.3) is 5.91 Å². The second-order valence-corrected chi connectivity index (χ2v) is 7.05. The van der Waals surface area contributed by atoms with Gasteiger partial charge in [-0.1, -0.05) is 54.1 Å². The molecule has 4 nitrogen and oxygen atoms in total. The lowest BCUT2D eigenvalue weighted by atomic mass is 10.1. The van der Waals surface area contributed by atoms with Gasteiger partial charge in [0.05, 0.1) is 16.6 Å². The van der Waals surface area contributed by atoms with Gasteiger partial charge in [-0.3, -0.25) is 4.79 Å². The van der Waals surface area contributed by atoms with Gasteiger partial charge in [0.2, 0.25) is 0 Å². The molecule has 0 aliphatic carbocycles. The number of anilines is 1. The van der Waals surface area contributed by atoms with Gasteiger partial charge in [0.15, 0.2) is 0 Å². The molecule has 1 heterocycles. The number of carbonyl (C=O) groups excluding carboxylic acids is 1. The standard InChI is InChI=1S/C22H21ClFN3O/c1-15(17-6-4-3-5-7-17)26-22(28)20-12-18(23)13-25-21(20)27(2)14-16-8-10-19(24)11-9-16/h3-13,15H,14H2,1-2H3,(H,26,28)/t15-/m0/s1. The van der Waals surface area contributed by atoms with Crippen LogP contribution in [0.1, 0.15) is 34.5 Å². The predicted molar refractivity (Wildman–Crippen MR) is 110 cm³/mol. The summed E-state index contributed by atoms with van der Waals surface area (Å²) in [7, 11) is 1.83. The van der Waals surface area contributed by atoms with Crippen LogP contribution in [-0.2, 0) is 6.54 Å². The van der Waals surface area contributed by atoms with Crippen molar-refractivity contribution in [2.24, 2.45) is 0 Å². The van der Waals surface area contributed by atoms with Crippen molar-refractivity contribution in [3.63, 3.8) is 0 Å². The molecule has 144 valence electrons. The summed E-state index contributed by atoms with van der Waals surface area (Å²) in [5.74, 6) is -0.0372. The van der Waals surface area contributed by atoms with E-state index in [0.717, 1.165) is 11.1 Å². The zero-order valence-electron chi connectivity index (χ0n) is 15.7. The van der Waals surface area contributed by atoms with E-state index in [0.29, 0.717) is 22.9 Å². The fourth-order valence-electron chi connectivity index (χ4n) is 2.94. The van der Waals surface area contributed by atoms with Gasteiger partial charge in [0, 0.05) is 19.8 Å². The molecule has 0 fully saturated rings. The maximum atomic E-state index is 13.1.